The number of benzene rings is 1. The molecular formula is C14H21N. The summed E-state index contributed by atoms with van der Waals surface area (Å²) in [6.45, 7) is 1.21. The van der Waals surface area contributed by atoms with Crippen molar-refractivity contribution >= 4 is 0 Å². The minimum atomic E-state index is 0.670. The zero-order valence-corrected chi connectivity index (χ0v) is 9.63. The minimum absolute atomic E-state index is 0.670. The number of nitrogens with one attached hydrogen (secondary N) is 1. The predicted molar refractivity (Wildman–Crippen MR) is 65.0 cm³/mol. The molecule has 1 aliphatic rings. The Bertz CT molecular complexity index is 287. The van der Waals surface area contributed by atoms with Gasteiger partial charge < -0.3 is 5.32 Å². The molecule has 2 rings (SSSR count). The molecule has 1 nitrogen and oxygen atoms in total. The van der Waals surface area contributed by atoms with Crippen LogP contribution < -0.4 is 5.32 Å². The van der Waals surface area contributed by atoms with E-state index < -0.39 is 0 Å². The Hall–Kier alpha value is -0.820. The molecule has 0 heterocycles. The minimum Gasteiger partial charge on any atom is -0.319 e. The number of hydrogen-bond donors (Lipinski definition) is 1. The molecule has 0 spiro atoms. The standard InChI is InChI=1S/C14H21N/c1-15-12-14(10-11-14)9-5-8-13-6-3-2-4-7-13/h2-4,6-7,15H,5,8-12H2,1H3. The first-order valence-corrected chi connectivity index (χ1v) is 6.03. The van der Waals surface area contributed by atoms with E-state index in [1.54, 1.807) is 0 Å². The van der Waals surface area contributed by atoms with E-state index >= 15 is 0 Å². The highest BCUT2D eigenvalue weighted by atomic mass is 14.8. The van der Waals surface area contributed by atoms with Gasteiger partial charge in [-0.25, -0.2) is 0 Å². The van der Waals surface area contributed by atoms with Crippen LogP contribution in [0.3, 0.4) is 0 Å². The molecule has 0 radical (unpaired) electrons. The van der Waals surface area contributed by atoms with Crippen molar-refractivity contribution in [1.82, 2.24) is 5.32 Å². The van der Waals surface area contributed by atoms with Crippen molar-refractivity contribution in [2.24, 2.45) is 5.41 Å². The number of rotatable bonds is 6. The summed E-state index contributed by atoms with van der Waals surface area (Å²) in [6.07, 6.45) is 6.84. The molecule has 1 saturated carbocycles. The summed E-state index contributed by atoms with van der Waals surface area (Å²) in [5.41, 5.74) is 2.15. The van der Waals surface area contributed by atoms with E-state index in [4.69, 9.17) is 0 Å². The summed E-state index contributed by atoms with van der Waals surface area (Å²) < 4.78 is 0. The van der Waals surface area contributed by atoms with E-state index in [9.17, 15) is 0 Å². The summed E-state index contributed by atoms with van der Waals surface area (Å²) in [6, 6.07) is 10.8. The quantitative estimate of drug-likeness (QED) is 0.749. The van der Waals surface area contributed by atoms with E-state index in [-0.39, 0.29) is 0 Å². The molecule has 0 aromatic heterocycles. The zero-order chi connectivity index (χ0) is 10.6. The average Bonchev–Trinajstić information content (AvgIpc) is 3.00. The second kappa shape index (κ2) is 4.80. The van der Waals surface area contributed by atoms with Gasteiger partial charge >= 0.3 is 0 Å². The summed E-state index contributed by atoms with van der Waals surface area (Å²) in [5, 5.41) is 3.32. The van der Waals surface area contributed by atoms with Gasteiger partial charge in [-0.15, -0.1) is 0 Å². The Labute approximate surface area is 92.9 Å². The fourth-order valence-corrected chi connectivity index (χ4v) is 2.38. The van der Waals surface area contributed by atoms with Crippen molar-refractivity contribution in [3.8, 4) is 0 Å². The van der Waals surface area contributed by atoms with Crippen LogP contribution in [0, 0.1) is 5.41 Å². The van der Waals surface area contributed by atoms with Crippen molar-refractivity contribution < 1.29 is 0 Å². The maximum absolute atomic E-state index is 3.32. The van der Waals surface area contributed by atoms with E-state index in [1.165, 1.54) is 44.2 Å². The van der Waals surface area contributed by atoms with Crippen molar-refractivity contribution in [2.45, 2.75) is 32.1 Å². The van der Waals surface area contributed by atoms with E-state index in [0.717, 1.165) is 0 Å². The van der Waals surface area contributed by atoms with Crippen LogP contribution in [0.5, 0.6) is 0 Å². The SMILES string of the molecule is CNCC1(CCCc2ccccc2)CC1. The van der Waals surface area contributed by atoms with Gasteiger partial charge in [0.2, 0.25) is 0 Å². The lowest BCUT2D eigenvalue weighted by atomic mass is 9.97. The highest BCUT2D eigenvalue weighted by Crippen LogP contribution is 2.49. The molecule has 1 aromatic rings. The Balaban J connectivity index is 1.71. The van der Waals surface area contributed by atoms with Crippen LogP contribution >= 0.6 is 0 Å². The normalized spacial score (nSPS) is 17.7. The van der Waals surface area contributed by atoms with Gasteiger partial charge in [0.1, 0.15) is 0 Å². The fourth-order valence-electron chi connectivity index (χ4n) is 2.38. The lowest BCUT2D eigenvalue weighted by Gasteiger charge is -2.13. The molecular weight excluding hydrogens is 182 g/mol. The molecule has 0 saturated heterocycles. The van der Waals surface area contributed by atoms with Gasteiger partial charge in [-0.3, -0.25) is 0 Å². The Morgan fingerprint density at radius 2 is 1.93 bits per heavy atom. The zero-order valence-electron chi connectivity index (χ0n) is 9.63. The van der Waals surface area contributed by atoms with Gasteiger partial charge in [-0.05, 0) is 50.1 Å². The van der Waals surface area contributed by atoms with Crippen molar-refractivity contribution in [2.75, 3.05) is 13.6 Å². The molecule has 1 N–H and O–H groups in total. The molecule has 0 atom stereocenters. The van der Waals surface area contributed by atoms with Crippen LogP contribution in [-0.4, -0.2) is 13.6 Å². The Morgan fingerprint density at radius 3 is 2.53 bits per heavy atom. The largest absolute Gasteiger partial charge is 0.319 e. The molecule has 1 heteroatoms. The Morgan fingerprint density at radius 1 is 1.20 bits per heavy atom. The van der Waals surface area contributed by atoms with Crippen LogP contribution in [0.2, 0.25) is 0 Å². The van der Waals surface area contributed by atoms with E-state index in [0.29, 0.717) is 5.41 Å². The monoisotopic (exact) mass is 203 g/mol. The third-order valence-corrected chi connectivity index (χ3v) is 3.52. The van der Waals surface area contributed by atoms with Crippen molar-refractivity contribution in [3.05, 3.63) is 35.9 Å². The van der Waals surface area contributed by atoms with Gasteiger partial charge in [0.15, 0.2) is 0 Å². The maximum atomic E-state index is 3.32. The molecule has 1 aliphatic carbocycles. The van der Waals surface area contributed by atoms with Gasteiger partial charge in [0, 0.05) is 6.54 Å². The first kappa shape index (κ1) is 10.7. The van der Waals surface area contributed by atoms with Gasteiger partial charge in [0.05, 0.1) is 0 Å². The van der Waals surface area contributed by atoms with Crippen molar-refractivity contribution in [3.63, 3.8) is 0 Å². The second-order valence-electron chi connectivity index (χ2n) is 4.87. The first-order chi connectivity index (χ1) is 7.35. The first-order valence-electron chi connectivity index (χ1n) is 6.03. The molecule has 1 fully saturated rings. The predicted octanol–water partition coefficient (Wildman–Crippen LogP) is 3.01. The lowest BCUT2D eigenvalue weighted by molar-refractivity contribution is 0.429. The highest BCUT2D eigenvalue weighted by molar-refractivity contribution is 5.14. The number of aryl methyl sites for hydroxylation is 1. The van der Waals surface area contributed by atoms with Crippen LogP contribution in [0.1, 0.15) is 31.2 Å². The lowest BCUT2D eigenvalue weighted by Crippen LogP contribution is -2.19. The smallest absolute Gasteiger partial charge is 0.000481 e. The molecule has 82 valence electrons. The molecule has 0 bridgehead atoms. The van der Waals surface area contributed by atoms with Crippen LogP contribution in [0.25, 0.3) is 0 Å². The topological polar surface area (TPSA) is 12.0 Å². The molecule has 0 unspecified atom stereocenters. The third kappa shape index (κ3) is 3.07. The van der Waals surface area contributed by atoms with Crippen LogP contribution in [0.15, 0.2) is 30.3 Å². The summed E-state index contributed by atoms with van der Waals surface area (Å²) in [4.78, 5) is 0. The number of hydrogen-bond acceptors (Lipinski definition) is 1. The highest BCUT2D eigenvalue weighted by Gasteiger charge is 2.40. The third-order valence-electron chi connectivity index (χ3n) is 3.52. The molecule has 15 heavy (non-hydrogen) atoms. The van der Waals surface area contributed by atoms with Gasteiger partial charge in [0.25, 0.3) is 0 Å². The summed E-state index contributed by atoms with van der Waals surface area (Å²) in [7, 11) is 2.07. The summed E-state index contributed by atoms with van der Waals surface area (Å²) >= 11 is 0. The summed E-state index contributed by atoms with van der Waals surface area (Å²) in [5.74, 6) is 0. The second-order valence-corrected chi connectivity index (χ2v) is 4.87. The average molecular weight is 203 g/mol. The van der Waals surface area contributed by atoms with Gasteiger partial charge in [-0.2, -0.15) is 0 Å². The van der Waals surface area contributed by atoms with Crippen LogP contribution in [0.4, 0.5) is 0 Å². The molecule has 1 aromatic carbocycles. The maximum Gasteiger partial charge on any atom is 0.000481 e. The van der Waals surface area contributed by atoms with Crippen LogP contribution in [-0.2, 0) is 6.42 Å². The molecule has 0 aliphatic heterocycles. The molecule has 0 amide bonds. The van der Waals surface area contributed by atoms with Gasteiger partial charge in [-0.1, -0.05) is 30.3 Å². The van der Waals surface area contributed by atoms with E-state index in [1.807, 2.05) is 0 Å². The Kier molecular flexibility index (Phi) is 3.42. The van der Waals surface area contributed by atoms with E-state index in [2.05, 4.69) is 42.7 Å². The van der Waals surface area contributed by atoms with Crippen molar-refractivity contribution in [1.29, 1.82) is 0 Å². The fraction of sp³-hybridized carbons (Fsp3) is 0.571.